The SMILES string of the molecule is Cc1ccc(N2C[C@H](C(=O)OCc3nnc(C)o3)CC2=O)cc1. The van der Waals surface area contributed by atoms with Crippen LogP contribution in [0.25, 0.3) is 0 Å². The predicted octanol–water partition coefficient (Wildman–Crippen LogP) is 1.78. The van der Waals surface area contributed by atoms with Crippen LogP contribution in [-0.2, 0) is 20.9 Å². The summed E-state index contributed by atoms with van der Waals surface area (Å²) in [6.45, 7) is 3.89. The second-order valence-electron chi connectivity index (χ2n) is 5.56. The van der Waals surface area contributed by atoms with Gasteiger partial charge in [0.15, 0.2) is 6.61 Å². The molecule has 1 aliphatic rings. The highest BCUT2D eigenvalue weighted by molar-refractivity contribution is 5.99. The number of nitrogens with zero attached hydrogens (tertiary/aromatic N) is 3. The van der Waals surface area contributed by atoms with Crippen molar-refractivity contribution < 1.29 is 18.7 Å². The first-order chi connectivity index (χ1) is 11.0. The second kappa shape index (κ2) is 6.20. The summed E-state index contributed by atoms with van der Waals surface area (Å²) in [5.74, 6) is -0.325. The van der Waals surface area contributed by atoms with Gasteiger partial charge in [-0.05, 0) is 19.1 Å². The lowest BCUT2D eigenvalue weighted by Crippen LogP contribution is -2.26. The highest BCUT2D eigenvalue weighted by atomic mass is 16.5. The van der Waals surface area contributed by atoms with Gasteiger partial charge < -0.3 is 14.1 Å². The number of amides is 1. The van der Waals surface area contributed by atoms with E-state index in [0.29, 0.717) is 12.4 Å². The summed E-state index contributed by atoms with van der Waals surface area (Å²) in [5, 5.41) is 7.42. The van der Waals surface area contributed by atoms with Gasteiger partial charge in [0.25, 0.3) is 5.89 Å². The van der Waals surface area contributed by atoms with Gasteiger partial charge >= 0.3 is 5.97 Å². The molecule has 0 radical (unpaired) electrons. The molecule has 1 atom stereocenters. The van der Waals surface area contributed by atoms with Crippen molar-refractivity contribution in [2.75, 3.05) is 11.4 Å². The molecule has 7 heteroatoms. The number of aryl methyl sites for hydroxylation is 2. The van der Waals surface area contributed by atoms with Gasteiger partial charge in [-0.25, -0.2) is 0 Å². The Morgan fingerprint density at radius 2 is 2.04 bits per heavy atom. The molecule has 0 spiro atoms. The monoisotopic (exact) mass is 315 g/mol. The molecular formula is C16H17N3O4. The molecule has 0 saturated carbocycles. The van der Waals surface area contributed by atoms with Crippen molar-refractivity contribution in [2.24, 2.45) is 5.92 Å². The Hall–Kier alpha value is -2.70. The van der Waals surface area contributed by atoms with E-state index in [2.05, 4.69) is 10.2 Å². The average molecular weight is 315 g/mol. The van der Waals surface area contributed by atoms with E-state index in [9.17, 15) is 9.59 Å². The van der Waals surface area contributed by atoms with Crippen LogP contribution >= 0.6 is 0 Å². The standard InChI is InChI=1S/C16H17N3O4/c1-10-3-5-13(6-4-10)19-8-12(7-15(19)20)16(21)22-9-14-18-17-11(2)23-14/h3-6,12H,7-9H2,1-2H3/t12-/m1/s1. The Balaban J connectivity index is 1.60. The first-order valence-corrected chi connectivity index (χ1v) is 7.35. The van der Waals surface area contributed by atoms with Crippen LogP contribution < -0.4 is 4.90 Å². The van der Waals surface area contributed by atoms with E-state index in [1.165, 1.54) is 0 Å². The maximum atomic E-state index is 12.1. The van der Waals surface area contributed by atoms with Gasteiger partial charge in [0, 0.05) is 25.6 Å². The van der Waals surface area contributed by atoms with E-state index in [1.807, 2.05) is 31.2 Å². The molecule has 1 amide bonds. The summed E-state index contributed by atoms with van der Waals surface area (Å²) >= 11 is 0. The fraction of sp³-hybridized carbons (Fsp3) is 0.375. The maximum absolute atomic E-state index is 12.1. The Labute approximate surface area is 133 Å². The van der Waals surface area contributed by atoms with E-state index in [0.717, 1.165) is 11.3 Å². The lowest BCUT2D eigenvalue weighted by Gasteiger charge is -2.16. The molecule has 23 heavy (non-hydrogen) atoms. The zero-order chi connectivity index (χ0) is 16.4. The van der Waals surface area contributed by atoms with Crippen molar-refractivity contribution in [1.82, 2.24) is 10.2 Å². The third kappa shape index (κ3) is 3.39. The van der Waals surface area contributed by atoms with Crippen molar-refractivity contribution >= 4 is 17.6 Å². The third-order valence-electron chi connectivity index (χ3n) is 3.71. The number of anilines is 1. The fourth-order valence-electron chi connectivity index (χ4n) is 2.49. The molecule has 120 valence electrons. The first kappa shape index (κ1) is 15.2. The molecule has 0 aliphatic carbocycles. The molecule has 0 unspecified atom stereocenters. The zero-order valence-electron chi connectivity index (χ0n) is 13.0. The highest BCUT2D eigenvalue weighted by Crippen LogP contribution is 2.26. The Morgan fingerprint density at radius 1 is 1.30 bits per heavy atom. The van der Waals surface area contributed by atoms with Gasteiger partial charge in [0.1, 0.15) is 0 Å². The summed E-state index contributed by atoms with van der Waals surface area (Å²) in [7, 11) is 0. The minimum absolute atomic E-state index is 0.0745. The Bertz CT molecular complexity index is 723. The molecule has 1 aromatic carbocycles. The summed E-state index contributed by atoms with van der Waals surface area (Å²) < 4.78 is 10.3. The van der Waals surface area contributed by atoms with E-state index >= 15 is 0 Å². The molecule has 0 bridgehead atoms. The van der Waals surface area contributed by atoms with Crippen LogP contribution in [0.1, 0.15) is 23.8 Å². The van der Waals surface area contributed by atoms with Gasteiger partial charge in [0.2, 0.25) is 11.8 Å². The summed E-state index contributed by atoms with van der Waals surface area (Å²) in [4.78, 5) is 25.9. The molecular weight excluding hydrogens is 298 g/mol. The highest BCUT2D eigenvalue weighted by Gasteiger charge is 2.36. The number of hydrogen-bond acceptors (Lipinski definition) is 6. The maximum Gasteiger partial charge on any atom is 0.311 e. The van der Waals surface area contributed by atoms with Gasteiger partial charge in [-0.1, -0.05) is 17.7 Å². The molecule has 2 aromatic rings. The first-order valence-electron chi connectivity index (χ1n) is 7.35. The largest absolute Gasteiger partial charge is 0.455 e. The molecule has 1 aromatic heterocycles. The van der Waals surface area contributed by atoms with Gasteiger partial charge in [-0.2, -0.15) is 0 Å². The average Bonchev–Trinajstić information content (AvgIpc) is 3.12. The lowest BCUT2D eigenvalue weighted by molar-refractivity contribution is -0.150. The van der Waals surface area contributed by atoms with Crippen LogP contribution in [0.5, 0.6) is 0 Å². The quantitative estimate of drug-likeness (QED) is 0.800. The molecule has 1 saturated heterocycles. The van der Waals surface area contributed by atoms with Crippen molar-refractivity contribution in [3.63, 3.8) is 0 Å². The van der Waals surface area contributed by atoms with E-state index < -0.39 is 11.9 Å². The number of carbonyl (C=O) groups excluding carboxylic acids is 2. The number of aromatic nitrogens is 2. The van der Waals surface area contributed by atoms with Crippen molar-refractivity contribution in [3.05, 3.63) is 41.6 Å². The van der Waals surface area contributed by atoms with E-state index in [-0.39, 0.29) is 24.8 Å². The molecule has 7 nitrogen and oxygen atoms in total. The zero-order valence-corrected chi connectivity index (χ0v) is 13.0. The van der Waals surface area contributed by atoms with Gasteiger partial charge in [0.05, 0.1) is 5.92 Å². The fourth-order valence-corrected chi connectivity index (χ4v) is 2.49. The summed E-state index contributed by atoms with van der Waals surface area (Å²) in [6, 6.07) is 7.63. The second-order valence-corrected chi connectivity index (χ2v) is 5.56. The Kier molecular flexibility index (Phi) is 4.10. The molecule has 2 heterocycles. The minimum atomic E-state index is -0.479. The number of rotatable bonds is 4. The van der Waals surface area contributed by atoms with E-state index in [1.54, 1.807) is 11.8 Å². The van der Waals surface area contributed by atoms with Crippen LogP contribution in [0.4, 0.5) is 5.69 Å². The summed E-state index contributed by atoms with van der Waals surface area (Å²) in [5.41, 5.74) is 1.91. The van der Waals surface area contributed by atoms with Crippen molar-refractivity contribution in [3.8, 4) is 0 Å². The number of benzene rings is 1. The number of hydrogen-bond donors (Lipinski definition) is 0. The van der Waals surface area contributed by atoms with Crippen LogP contribution in [0.15, 0.2) is 28.7 Å². The molecule has 1 aliphatic heterocycles. The van der Waals surface area contributed by atoms with Gasteiger partial charge in [-0.15, -0.1) is 10.2 Å². The Morgan fingerprint density at radius 3 is 2.70 bits per heavy atom. The van der Waals surface area contributed by atoms with Crippen LogP contribution in [0.2, 0.25) is 0 Å². The predicted molar refractivity (Wildman–Crippen MR) is 80.5 cm³/mol. The third-order valence-corrected chi connectivity index (χ3v) is 3.71. The smallest absolute Gasteiger partial charge is 0.311 e. The van der Waals surface area contributed by atoms with Crippen LogP contribution in [-0.4, -0.2) is 28.6 Å². The van der Waals surface area contributed by atoms with Crippen LogP contribution in [0, 0.1) is 19.8 Å². The van der Waals surface area contributed by atoms with E-state index in [4.69, 9.17) is 9.15 Å². The molecule has 0 N–H and O–H groups in total. The van der Waals surface area contributed by atoms with Crippen molar-refractivity contribution in [2.45, 2.75) is 26.9 Å². The molecule has 3 rings (SSSR count). The van der Waals surface area contributed by atoms with Gasteiger partial charge in [-0.3, -0.25) is 9.59 Å². The topological polar surface area (TPSA) is 85.5 Å². The van der Waals surface area contributed by atoms with Crippen molar-refractivity contribution in [1.29, 1.82) is 0 Å². The number of ether oxygens (including phenoxy) is 1. The minimum Gasteiger partial charge on any atom is -0.455 e. The number of carbonyl (C=O) groups is 2. The summed E-state index contributed by atoms with van der Waals surface area (Å²) in [6.07, 6.45) is 0.148. The lowest BCUT2D eigenvalue weighted by atomic mass is 10.1. The number of esters is 1. The normalized spacial score (nSPS) is 17.6. The van der Waals surface area contributed by atoms with Crippen LogP contribution in [0.3, 0.4) is 0 Å². The molecule has 1 fully saturated rings.